The van der Waals surface area contributed by atoms with E-state index in [1.807, 2.05) is 30.3 Å². The summed E-state index contributed by atoms with van der Waals surface area (Å²) in [6.07, 6.45) is 0. The molecule has 0 bridgehead atoms. The first kappa shape index (κ1) is 8.94. The second-order valence-electron chi connectivity index (χ2n) is 2.73. The summed E-state index contributed by atoms with van der Waals surface area (Å²) in [5, 5.41) is 0. The lowest BCUT2D eigenvalue weighted by Gasteiger charge is -1.97. The predicted octanol–water partition coefficient (Wildman–Crippen LogP) is 1.30. The van der Waals surface area contributed by atoms with Crippen LogP contribution in [-0.2, 0) is 11.4 Å². The molecule has 0 aliphatic rings. The van der Waals surface area contributed by atoms with Gasteiger partial charge in [0.05, 0.1) is 0 Å². The Morgan fingerprint density at radius 3 is 2.58 bits per heavy atom. The summed E-state index contributed by atoms with van der Waals surface area (Å²) >= 11 is 0. The molecule has 0 heterocycles. The average Bonchev–Trinajstić information content (AvgIpc) is 2.05. The fraction of sp³-hybridized carbons (Fsp3) is 0.300. The van der Waals surface area contributed by atoms with Crippen molar-refractivity contribution in [2.24, 2.45) is 0 Å². The Kier molecular flexibility index (Phi) is 3.48. The molecule has 1 rings (SSSR count). The molecular weight excluding hydrogens is 152 g/mol. The summed E-state index contributed by atoms with van der Waals surface area (Å²) in [7, 11) is 0. The fourth-order valence-electron chi connectivity index (χ4n) is 0.926. The van der Waals surface area contributed by atoms with E-state index in [0.29, 0.717) is 13.2 Å². The van der Waals surface area contributed by atoms with E-state index in [0.717, 1.165) is 5.56 Å². The van der Waals surface area contributed by atoms with E-state index in [4.69, 9.17) is 0 Å². The molecular formula is C10H13O2+. The Morgan fingerprint density at radius 2 is 2.00 bits per heavy atom. The Hall–Kier alpha value is -1.15. The minimum absolute atomic E-state index is 0.117. The third-order valence-electron chi connectivity index (χ3n) is 1.47. The number of carbonyl (C=O) groups is 1. The molecule has 0 spiro atoms. The number of ketones is 1. The molecule has 0 fully saturated rings. The van der Waals surface area contributed by atoms with Gasteiger partial charge in [-0.15, -0.1) is 0 Å². The van der Waals surface area contributed by atoms with Crippen molar-refractivity contribution in [1.82, 2.24) is 0 Å². The van der Waals surface area contributed by atoms with Crippen LogP contribution in [-0.4, -0.2) is 17.1 Å². The Bertz CT molecular complexity index is 241. The van der Waals surface area contributed by atoms with Crippen molar-refractivity contribution in [3.05, 3.63) is 35.9 Å². The molecule has 0 saturated carbocycles. The van der Waals surface area contributed by atoms with Crippen molar-refractivity contribution >= 4 is 5.78 Å². The van der Waals surface area contributed by atoms with Crippen LogP contribution in [0.5, 0.6) is 0 Å². The molecule has 0 atom stereocenters. The molecule has 0 aromatic heterocycles. The van der Waals surface area contributed by atoms with Crippen molar-refractivity contribution in [3.8, 4) is 0 Å². The Balaban J connectivity index is 2.29. The van der Waals surface area contributed by atoms with Crippen molar-refractivity contribution in [2.75, 3.05) is 6.61 Å². The summed E-state index contributed by atoms with van der Waals surface area (Å²) in [4.78, 5) is 10.5. The summed E-state index contributed by atoms with van der Waals surface area (Å²) in [5.74, 6) is 0.117. The van der Waals surface area contributed by atoms with Crippen LogP contribution in [0.25, 0.3) is 0 Å². The SMILES string of the molecule is CC(=O)C[OH+]Cc1ccccc1. The van der Waals surface area contributed by atoms with Gasteiger partial charge in [-0.25, -0.2) is 0 Å². The minimum atomic E-state index is 0.117. The highest BCUT2D eigenvalue weighted by Crippen LogP contribution is 1.98. The van der Waals surface area contributed by atoms with Crippen molar-refractivity contribution in [2.45, 2.75) is 13.5 Å². The topological polar surface area (TPSA) is 29.9 Å². The highest BCUT2D eigenvalue weighted by Gasteiger charge is 1.98. The van der Waals surface area contributed by atoms with Gasteiger partial charge < -0.3 is 4.74 Å². The third kappa shape index (κ3) is 3.30. The normalized spacial score (nSPS) is 9.75. The van der Waals surface area contributed by atoms with E-state index in [2.05, 4.69) is 4.74 Å². The van der Waals surface area contributed by atoms with Gasteiger partial charge in [0.25, 0.3) is 0 Å². The molecule has 0 amide bonds. The maximum atomic E-state index is 10.5. The van der Waals surface area contributed by atoms with Gasteiger partial charge in [-0.05, 0) is 0 Å². The first-order valence-electron chi connectivity index (χ1n) is 3.95. The Morgan fingerprint density at radius 1 is 1.33 bits per heavy atom. The quantitative estimate of drug-likeness (QED) is 0.618. The molecule has 0 saturated heterocycles. The van der Waals surface area contributed by atoms with Crippen molar-refractivity contribution in [1.29, 1.82) is 0 Å². The van der Waals surface area contributed by atoms with Crippen molar-refractivity contribution in [3.63, 3.8) is 0 Å². The second kappa shape index (κ2) is 4.67. The lowest BCUT2D eigenvalue weighted by molar-refractivity contribution is -0.133. The summed E-state index contributed by atoms with van der Waals surface area (Å²) < 4.78 is 4.09. The molecule has 0 unspecified atom stereocenters. The summed E-state index contributed by atoms with van der Waals surface area (Å²) in [5.41, 5.74) is 1.15. The average molecular weight is 165 g/mol. The lowest BCUT2D eigenvalue weighted by Crippen LogP contribution is -2.08. The summed E-state index contributed by atoms with van der Waals surface area (Å²) in [6.45, 7) is 2.52. The van der Waals surface area contributed by atoms with E-state index in [9.17, 15) is 4.79 Å². The van der Waals surface area contributed by atoms with Crippen LogP contribution in [0.15, 0.2) is 30.3 Å². The number of Topliss-reactive ketones (excluding diaryl/α,β-unsaturated/α-hetero) is 1. The van der Waals surface area contributed by atoms with Crippen LogP contribution in [0, 0.1) is 0 Å². The van der Waals surface area contributed by atoms with Gasteiger partial charge in [0.1, 0.15) is 0 Å². The highest BCUT2D eigenvalue weighted by atomic mass is 16.5. The molecule has 0 radical (unpaired) electrons. The number of benzene rings is 1. The Labute approximate surface area is 72.2 Å². The predicted molar refractivity (Wildman–Crippen MR) is 47.9 cm³/mol. The maximum absolute atomic E-state index is 10.5. The zero-order valence-electron chi connectivity index (χ0n) is 7.16. The van der Waals surface area contributed by atoms with Crippen LogP contribution in [0.2, 0.25) is 0 Å². The van der Waals surface area contributed by atoms with Gasteiger partial charge in [0.15, 0.2) is 6.61 Å². The second-order valence-corrected chi connectivity index (χ2v) is 2.73. The zero-order valence-corrected chi connectivity index (χ0v) is 7.16. The van der Waals surface area contributed by atoms with E-state index < -0.39 is 0 Å². The zero-order chi connectivity index (χ0) is 8.81. The number of hydrogen-bond donors (Lipinski definition) is 0. The molecule has 0 aliphatic carbocycles. The van der Waals surface area contributed by atoms with Gasteiger partial charge in [-0.1, -0.05) is 30.3 Å². The lowest BCUT2D eigenvalue weighted by atomic mass is 10.2. The molecule has 2 nitrogen and oxygen atoms in total. The maximum Gasteiger partial charge on any atom is 0.204 e. The molecule has 0 aliphatic heterocycles. The minimum Gasteiger partial charge on any atom is -0.424 e. The number of hydrogen-bond acceptors (Lipinski definition) is 1. The van der Waals surface area contributed by atoms with E-state index in [1.54, 1.807) is 6.92 Å². The number of ether oxygens (including phenoxy) is 1. The monoisotopic (exact) mass is 165 g/mol. The van der Waals surface area contributed by atoms with Gasteiger partial charge in [-0.2, -0.15) is 0 Å². The molecule has 1 aromatic carbocycles. The smallest absolute Gasteiger partial charge is 0.204 e. The number of carbonyl (C=O) groups excluding carboxylic acids is 1. The van der Waals surface area contributed by atoms with Crippen LogP contribution >= 0.6 is 0 Å². The van der Waals surface area contributed by atoms with Crippen LogP contribution in [0.3, 0.4) is 0 Å². The van der Waals surface area contributed by atoms with Crippen molar-refractivity contribution < 1.29 is 9.53 Å². The molecule has 2 heteroatoms. The van der Waals surface area contributed by atoms with Crippen LogP contribution in [0.4, 0.5) is 0 Å². The van der Waals surface area contributed by atoms with Gasteiger partial charge in [0, 0.05) is 12.5 Å². The van der Waals surface area contributed by atoms with Gasteiger partial charge in [-0.3, -0.25) is 4.79 Å². The largest absolute Gasteiger partial charge is 0.424 e. The standard InChI is InChI=1S/C10H12O2/c1-9(11)7-12-8-10-5-3-2-4-6-10/h2-6H,7-8H2,1H3/p+1. The molecule has 1 N–H and O–H groups in total. The summed E-state index contributed by atoms with van der Waals surface area (Å²) in [6, 6.07) is 9.92. The van der Waals surface area contributed by atoms with E-state index >= 15 is 0 Å². The third-order valence-corrected chi connectivity index (χ3v) is 1.47. The molecule has 64 valence electrons. The number of rotatable bonds is 4. The first-order valence-corrected chi connectivity index (χ1v) is 3.95. The van der Waals surface area contributed by atoms with Crippen LogP contribution in [0.1, 0.15) is 12.5 Å². The van der Waals surface area contributed by atoms with Crippen LogP contribution < -0.4 is 0 Å². The van der Waals surface area contributed by atoms with Gasteiger partial charge >= 0.3 is 0 Å². The van der Waals surface area contributed by atoms with E-state index in [1.165, 1.54) is 0 Å². The van der Waals surface area contributed by atoms with E-state index in [-0.39, 0.29) is 5.78 Å². The molecule has 1 aromatic rings. The first-order chi connectivity index (χ1) is 5.79. The van der Waals surface area contributed by atoms with Gasteiger partial charge in [0.2, 0.25) is 12.4 Å². The number of aliphatic hydroxyl groups is 2. The fourth-order valence-corrected chi connectivity index (χ4v) is 0.926. The highest BCUT2D eigenvalue weighted by molar-refractivity contribution is 5.76. The molecule has 12 heavy (non-hydrogen) atoms.